The maximum Gasteiger partial charge on any atom is 0.234 e. The standard InChI is InChI=1S/C12H25N3O3S.ClH/c1-4-15(9-12(2,3)13)7-11(16)14-10-5-6-19(17,18)8-10;/h10H,4-9,13H2,1-3H3,(H,14,16);1H. The molecule has 1 aliphatic heterocycles. The Morgan fingerprint density at radius 2 is 2.05 bits per heavy atom. The van der Waals surface area contributed by atoms with Crippen LogP contribution in [0.2, 0.25) is 0 Å². The molecule has 120 valence electrons. The van der Waals surface area contributed by atoms with Crippen molar-refractivity contribution in [2.24, 2.45) is 5.73 Å². The van der Waals surface area contributed by atoms with E-state index in [2.05, 4.69) is 5.32 Å². The van der Waals surface area contributed by atoms with Gasteiger partial charge in [-0.3, -0.25) is 9.69 Å². The Morgan fingerprint density at radius 1 is 1.45 bits per heavy atom. The highest BCUT2D eigenvalue weighted by molar-refractivity contribution is 7.91. The van der Waals surface area contributed by atoms with Crippen LogP contribution >= 0.6 is 12.4 Å². The molecule has 0 bridgehead atoms. The molecule has 8 heteroatoms. The molecule has 1 aliphatic rings. The van der Waals surface area contributed by atoms with Crippen LogP contribution in [0.25, 0.3) is 0 Å². The number of carbonyl (C=O) groups excluding carboxylic acids is 1. The summed E-state index contributed by atoms with van der Waals surface area (Å²) >= 11 is 0. The fourth-order valence-electron chi connectivity index (χ4n) is 2.24. The van der Waals surface area contributed by atoms with Gasteiger partial charge in [-0.15, -0.1) is 12.4 Å². The van der Waals surface area contributed by atoms with Gasteiger partial charge < -0.3 is 11.1 Å². The van der Waals surface area contributed by atoms with Crippen molar-refractivity contribution in [2.45, 2.75) is 38.8 Å². The molecule has 0 aliphatic carbocycles. The van der Waals surface area contributed by atoms with Crippen LogP contribution in [-0.2, 0) is 14.6 Å². The Hall–Kier alpha value is -0.370. The fraction of sp³-hybridized carbons (Fsp3) is 0.917. The van der Waals surface area contributed by atoms with Crippen LogP contribution in [0, 0.1) is 0 Å². The summed E-state index contributed by atoms with van der Waals surface area (Å²) in [5, 5.41) is 2.78. The zero-order valence-corrected chi connectivity index (χ0v) is 14.0. The van der Waals surface area contributed by atoms with Crippen LogP contribution in [0.1, 0.15) is 27.2 Å². The van der Waals surface area contributed by atoms with Crippen molar-refractivity contribution in [2.75, 3.05) is 31.1 Å². The zero-order valence-electron chi connectivity index (χ0n) is 12.4. The molecule has 0 radical (unpaired) electrons. The van der Waals surface area contributed by atoms with Gasteiger partial charge in [0, 0.05) is 18.1 Å². The predicted molar refractivity (Wildman–Crippen MR) is 82.8 cm³/mol. The maximum atomic E-state index is 11.9. The number of hydrogen-bond donors (Lipinski definition) is 2. The molecule has 1 amide bonds. The molecule has 0 aromatic rings. The fourth-order valence-corrected chi connectivity index (χ4v) is 3.91. The summed E-state index contributed by atoms with van der Waals surface area (Å²) in [4.78, 5) is 13.8. The third-order valence-electron chi connectivity index (χ3n) is 3.04. The summed E-state index contributed by atoms with van der Waals surface area (Å²) in [6.45, 7) is 7.41. The number of nitrogens with zero attached hydrogens (tertiary/aromatic N) is 1. The first kappa shape index (κ1) is 19.6. The van der Waals surface area contributed by atoms with E-state index in [1.54, 1.807) is 0 Å². The first-order valence-corrected chi connectivity index (χ1v) is 8.44. The number of sulfone groups is 1. The Bertz CT molecular complexity index is 420. The van der Waals surface area contributed by atoms with Gasteiger partial charge in [-0.2, -0.15) is 0 Å². The number of likely N-dealkylation sites (N-methyl/N-ethyl adjacent to an activating group) is 1. The van der Waals surface area contributed by atoms with Crippen molar-refractivity contribution in [1.29, 1.82) is 0 Å². The van der Waals surface area contributed by atoms with Gasteiger partial charge in [0.25, 0.3) is 0 Å². The average molecular weight is 328 g/mol. The van der Waals surface area contributed by atoms with E-state index in [1.165, 1.54) is 0 Å². The molecule has 1 saturated heterocycles. The smallest absolute Gasteiger partial charge is 0.234 e. The van der Waals surface area contributed by atoms with Crippen LogP contribution in [0.15, 0.2) is 0 Å². The first-order valence-electron chi connectivity index (χ1n) is 6.62. The second kappa shape index (κ2) is 7.59. The molecular weight excluding hydrogens is 302 g/mol. The van der Waals surface area contributed by atoms with Crippen LogP contribution < -0.4 is 11.1 Å². The summed E-state index contributed by atoms with van der Waals surface area (Å²) < 4.78 is 22.6. The molecule has 1 unspecified atom stereocenters. The van der Waals surface area contributed by atoms with E-state index < -0.39 is 9.84 Å². The van der Waals surface area contributed by atoms with E-state index in [4.69, 9.17) is 5.73 Å². The molecule has 1 fully saturated rings. The second-order valence-corrected chi connectivity index (χ2v) is 8.19. The summed E-state index contributed by atoms with van der Waals surface area (Å²) in [7, 11) is -2.95. The molecule has 3 N–H and O–H groups in total. The van der Waals surface area contributed by atoms with Gasteiger partial charge in [-0.05, 0) is 26.8 Å². The van der Waals surface area contributed by atoms with Crippen molar-refractivity contribution >= 4 is 28.2 Å². The van der Waals surface area contributed by atoms with E-state index in [1.807, 2.05) is 25.7 Å². The zero-order chi connectivity index (χ0) is 14.7. The lowest BCUT2D eigenvalue weighted by Crippen LogP contribution is -2.49. The summed E-state index contributed by atoms with van der Waals surface area (Å²) in [5.41, 5.74) is 5.58. The second-order valence-electron chi connectivity index (χ2n) is 5.96. The van der Waals surface area contributed by atoms with Gasteiger partial charge in [0.2, 0.25) is 5.91 Å². The van der Waals surface area contributed by atoms with E-state index >= 15 is 0 Å². The average Bonchev–Trinajstić information content (AvgIpc) is 2.54. The van der Waals surface area contributed by atoms with Crippen molar-refractivity contribution in [3.05, 3.63) is 0 Å². The molecule has 1 heterocycles. The lowest BCUT2D eigenvalue weighted by atomic mass is 10.1. The van der Waals surface area contributed by atoms with E-state index in [0.717, 1.165) is 6.54 Å². The molecule has 0 saturated carbocycles. The van der Waals surface area contributed by atoms with Gasteiger partial charge in [0.1, 0.15) is 0 Å². The van der Waals surface area contributed by atoms with Crippen molar-refractivity contribution in [1.82, 2.24) is 10.2 Å². The summed E-state index contributed by atoms with van der Waals surface area (Å²) in [5.74, 6) is 0.103. The maximum absolute atomic E-state index is 11.9. The molecule has 20 heavy (non-hydrogen) atoms. The highest BCUT2D eigenvalue weighted by atomic mass is 35.5. The third kappa shape index (κ3) is 7.42. The van der Waals surface area contributed by atoms with Crippen LogP contribution in [0.5, 0.6) is 0 Å². The largest absolute Gasteiger partial charge is 0.351 e. The molecule has 6 nitrogen and oxygen atoms in total. The lowest BCUT2D eigenvalue weighted by Gasteiger charge is -2.28. The minimum Gasteiger partial charge on any atom is -0.351 e. The van der Waals surface area contributed by atoms with Crippen LogP contribution in [0.4, 0.5) is 0 Å². The molecule has 1 rings (SSSR count). The number of halogens is 1. The SMILES string of the molecule is CCN(CC(=O)NC1CCS(=O)(=O)C1)CC(C)(C)N.Cl. The van der Waals surface area contributed by atoms with Gasteiger partial charge in [-0.25, -0.2) is 8.42 Å². The van der Waals surface area contributed by atoms with Crippen molar-refractivity contribution < 1.29 is 13.2 Å². The van der Waals surface area contributed by atoms with Crippen LogP contribution in [-0.4, -0.2) is 61.9 Å². The number of nitrogens with one attached hydrogen (secondary N) is 1. The lowest BCUT2D eigenvalue weighted by molar-refractivity contribution is -0.122. The topological polar surface area (TPSA) is 92.5 Å². The van der Waals surface area contributed by atoms with E-state index in [0.29, 0.717) is 13.0 Å². The summed E-state index contributed by atoms with van der Waals surface area (Å²) in [6.07, 6.45) is 0.516. The molecule has 0 aromatic heterocycles. The minimum absolute atomic E-state index is 0. The Labute approximate surface area is 127 Å². The van der Waals surface area contributed by atoms with Gasteiger partial charge in [0.05, 0.1) is 18.1 Å². The molecule has 0 spiro atoms. The number of hydrogen-bond acceptors (Lipinski definition) is 5. The normalized spacial score (nSPS) is 21.6. The van der Waals surface area contributed by atoms with Crippen LogP contribution in [0.3, 0.4) is 0 Å². The Balaban J connectivity index is 0.00000361. The molecule has 1 atom stereocenters. The quantitative estimate of drug-likeness (QED) is 0.703. The number of nitrogens with two attached hydrogens (primary N) is 1. The van der Waals surface area contributed by atoms with Crippen molar-refractivity contribution in [3.63, 3.8) is 0 Å². The molecule has 0 aromatic carbocycles. The highest BCUT2D eigenvalue weighted by Crippen LogP contribution is 2.11. The third-order valence-corrected chi connectivity index (χ3v) is 4.81. The first-order chi connectivity index (χ1) is 8.61. The van der Waals surface area contributed by atoms with E-state index in [9.17, 15) is 13.2 Å². The molecular formula is C12H26ClN3O3S. The monoisotopic (exact) mass is 327 g/mol. The number of carbonyl (C=O) groups is 1. The highest BCUT2D eigenvalue weighted by Gasteiger charge is 2.29. The van der Waals surface area contributed by atoms with Gasteiger partial charge in [-0.1, -0.05) is 6.92 Å². The van der Waals surface area contributed by atoms with E-state index in [-0.39, 0.29) is 47.9 Å². The minimum atomic E-state index is -2.95. The Kier molecular flexibility index (Phi) is 7.44. The van der Waals surface area contributed by atoms with Gasteiger partial charge in [0.15, 0.2) is 9.84 Å². The van der Waals surface area contributed by atoms with Crippen molar-refractivity contribution in [3.8, 4) is 0 Å². The predicted octanol–water partition coefficient (Wildman–Crippen LogP) is -0.229. The Morgan fingerprint density at radius 3 is 2.45 bits per heavy atom. The summed E-state index contributed by atoms with van der Waals surface area (Å²) in [6, 6.07) is -0.234. The number of rotatable bonds is 6. The number of amides is 1. The van der Waals surface area contributed by atoms with Gasteiger partial charge >= 0.3 is 0 Å².